The van der Waals surface area contributed by atoms with Crippen LogP contribution in [0.25, 0.3) is 0 Å². The Morgan fingerprint density at radius 2 is 1.86 bits per heavy atom. The Balaban J connectivity index is 1.90. The molecule has 1 saturated carbocycles. The van der Waals surface area contributed by atoms with Crippen LogP contribution in [0.4, 0.5) is 5.69 Å². The van der Waals surface area contributed by atoms with E-state index in [9.17, 15) is 0 Å². The highest BCUT2D eigenvalue weighted by Gasteiger charge is 2.35. The molecule has 0 aliphatic heterocycles. The van der Waals surface area contributed by atoms with Crippen molar-refractivity contribution in [3.05, 3.63) is 16.3 Å². The number of ether oxygens (including phenoxy) is 2. The lowest BCUT2D eigenvalue weighted by molar-refractivity contribution is -0.223. The number of anilines is 1. The maximum Gasteiger partial charge on any atom is 0.167 e. The fraction of sp³-hybridized carbons (Fsp3) is 0.667. The monoisotopic (exact) mass is 321 g/mol. The van der Waals surface area contributed by atoms with Gasteiger partial charge in [0.05, 0.1) is 4.88 Å². The first-order valence-corrected chi connectivity index (χ1v) is 8.72. The Morgan fingerprint density at radius 1 is 1.23 bits per heavy atom. The van der Waals surface area contributed by atoms with E-state index in [0.29, 0.717) is 6.04 Å². The fourth-order valence-corrected chi connectivity index (χ4v) is 3.35. The summed E-state index contributed by atoms with van der Waals surface area (Å²) in [6, 6.07) is 2.63. The summed E-state index contributed by atoms with van der Waals surface area (Å²) in [5.41, 5.74) is 1.22. The predicted octanol–water partition coefficient (Wildman–Crippen LogP) is 4.49. The molecule has 4 heteroatoms. The Bertz CT molecular complexity index is 533. The van der Waals surface area contributed by atoms with Crippen LogP contribution in [-0.4, -0.2) is 26.0 Å². The summed E-state index contributed by atoms with van der Waals surface area (Å²) in [6.07, 6.45) is 3.97. The van der Waals surface area contributed by atoms with E-state index in [4.69, 9.17) is 9.47 Å². The molecule has 1 fully saturated rings. The molecule has 0 radical (unpaired) electrons. The molecule has 1 heterocycles. The van der Waals surface area contributed by atoms with Gasteiger partial charge in [0.25, 0.3) is 0 Å². The quantitative estimate of drug-likeness (QED) is 0.655. The van der Waals surface area contributed by atoms with Crippen LogP contribution in [0.15, 0.2) is 11.4 Å². The minimum absolute atomic E-state index is 0.0462. The highest BCUT2D eigenvalue weighted by Crippen LogP contribution is 2.33. The van der Waals surface area contributed by atoms with Gasteiger partial charge in [-0.2, -0.15) is 0 Å². The van der Waals surface area contributed by atoms with Crippen LogP contribution in [0.2, 0.25) is 0 Å². The molecular formula is C18H27NO2S. The van der Waals surface area contributed by atoms with Crippen molar-refractivity contribution in [1.29, 1.82) is 0 Å². The van der Waals surface area contributed by atoms with Crippen molar-refractivity contribution in [1.82, 2.24) is 0 Å². The second-order valence-corrected chi connectivity index (χ2v) is 7.85. The average molecular weight is 321 g/mol. The average Bonchev–Trinajstić information content (AvgIpc) is 2.93. The van der Waals surface area contributed by atoms with Gasteiger partial charge in [-0.25, -0.2) is 0 Å². The van der Waals surface area contributed by atoms with Crippen molar-refractivity contribution in [3.63, 3.8) is 0 Å². The largest absolute Gasteiger partial charge is 0.382 e. The van der Waals surface area contributed by atoms with Gasteiger partial charge >= 0.3 is 0 Å². The first-order valence-electron chi connectivity index (χ1n) is 7.84. The Kier molecular flexibility index (Phi) is 5.55. The predicted molar refractivity (Wildman–Crippen MR) is 93.3 cm³/mol. The number of hydrogen-bond donors (Lipinski definition) is 1. The zero-order valence-electron chi connectivity index (χ0n) is 14.3. The van der Waals surface area contributed by atoms with E-state index in [1.54, 1.807) is 25.6 Å². The molecule has 1 aliphatic carbocycles. The molecule has 0 amide bonds. The molecule has 122 valence electrons. The summed E-state index contributed by atoms with van der Waals surface area (Å²) in [7, 11) is 3.46. The summed E-state index contributed by atoms with van der Waals surface area (Å²) in [5.74, 6) is 6.16. The molecule has 2 rings (SSSR count). The van der Waals surface area contributed by atoms with Gasteiger partial charge in [-0.15, -0.1) is 11.3 Å². The molecule has 0 unspecified atom stereocenters. The third kappa shape index (κ3) is 4.74. The van der Waals surface area contributed by atoms with Gasteiger partial charge in [0.2, 0.25) is 0 Å². The van der Waals surface area contributed by atoms with E-state index < -0.39 is 0 Å². The van der Waals surface area contributed by atoms with E-state index in [0.717, 1.165) is 30.6 Å². The lowest BCUT2D eigenvalue weighted by Gasteiger charge is -2.38. The first kappa shape index (κ1) is 17.3. The molecular weight excluding hydrogens is 294 g/mol. The fourth-order valence-electron chi connectivity index (χ4n) is 2.66. The minimum atomic E-state index is -0.379. The molecule has 22 heavy (non-hydrogen) atoms. The molecule has 1 N–H and O–H groups in total. The number of methoxy groups -OCH3 is 2. The van der Waals surface area contributed by atoms with Gasteiger partial charge in [0.1, 0.15) is 0 Å². The maximum atomic E-state index is 5.53. The number of nitrogens with one attached hydrogen (secondary N) is 1. The maximum absolute atomic E-state index is 5.53. The number of thiophene rings is 1. The normalized spacial score (nSPS) is 18.6. The van der Waals surface area contributed by atoms with Gasteiger partial charge in [-0.3, -0.25) is 0 Å². The van der Waals surface area contributed by atoms with Crippen LogP contribution in [-0.2, 0) is 9.47 Å². The van der Waals surface area contributed by atoms with Crippen LogP contribution < -0.4 is 5.32 Å². The Morgan fingerprint density at radius 3 is 2.41 bits per heavy atom. The summed E-state index contributed by atoms with van der Waals surface area (Å²) in [4.78, 5) is 1.12. The van der Waals surface area contributed by atoms with E-state index in [2.05, 4.69) is 49.4 Å². The second-order valence-electron chi connectivity index (χ2n) is 6.94. The van der Waals surface area contributed by atoms with Crippen molar-refractivity contribution in [2.45, 2.75) is 58.3 Å². The summed E-state index contributed by atoms with van der Waals surface area (Å²) in [6.45, 7) is 6.39. The lowest BCUT2D eigenvalue weighted by Crippen LogP contribution is -2.41. The lowest BCUT2D eigenvalue weighted by atomic mass is 9.90. The summed E-state index contributed by atoms with van der Waals surface area (Å²) in [5, 5.41) is 5.77. The molecule has 1 aromatic heterocycles. The van der Waals surface area contributed by atoms with Crippen molar-refractivity contribution in [3.8, 4) is 11.8 Å². The van der Waals surface area contributed by atoms with Gasteiger partial charge in [-0.05, 0) is 39.7 Å². The van der Waals surface area contributed by atoms with E-state index >= 15 is 0 Å². The van der Waals surface area contributed by atoms with Gasteiger partial charge in [-0.1, -0.05) is 11.8 Å². The van der Waals surface area contributed by atoms with Gasteiger partial charge in [0, 0.05) is 49.6 Å². The van der Waals surface area contributed by atoms with Crippen molar-refractivity contribution in [2.24, 2.45) is 5.41 Å². The molecule has 0 spiro atoms. The highest BCUT2D eigenvalue weighted by molar-refractivity contribution is 7.11. The molecule has 0 aromatic carbocycles. The van der Waals surface area contributed by atoms with Crippen LogP contribution in [0.3, 0.4) is 0 Å². The third-order valence-electron chi connectivity index (χ3n) is 4.02. The number of rotatable bonds is 4. The summed E-state index contributed by atoms with van der Waals surface area (Å²) < 4.78 is 11.1. The topological polar surface area (TPSA) is 30.5 Å². The molecule has 3 nitrogen and oxygen atoms in total. The SMILES string of the molecule is COC1(OC)CCC(Nc2csc(C#CC(C)(C)C)c2)CC1. The van der Waals surface area contributed by atoms with Crippen molar-refractivity contribution < 1.29 is 9.47 Å². The van der Waals surface area contributed by atoms with Crippen LogP contribution in [0, 0.1) is 17.3 Å². The minimum Gasteiger partial charge on any atom is -0.382 e. The smallest absolute Gasteiger partial charge is 0.167 e. The molecule has 0 saturated heterocycles. The zero-order chi connectivity index (χ0) is 16.2. The second kappa shape index (κ2) is 7.04. The van der Waals surface area contributed by atoms with Crippen molar-refractivity contribution >= 4 is 17.0 Å². The third-order valence-corrected chi connectivity index (χ3v) is 4.87. The first-order chi connectivity index (χ1) is 10.4. The van der Waals surface area contributed by atoms with Gasteiger partial charge < -0.3 is 14.8 Å². The van der Waals surface area contributed by atoms with E-state index in [1.165, 1.54) is 5.69 Å². The van der Waals surface area contributed by atoms with Crippen LogP contribution in [0.1, 0.15) is 51.3 Å². The molecule has 1 aliphatic rings. The van der Waals surface area contributed by atoms with Crippen LogP contribution in [0.5, 0.6) is 0 Å². The Hall–Kier alpha value is -1.02. The Labute approximate surface area is 138 Å². The molecule has 0 bridgehead atoms. The highest BCUT2D eigenvalue weighted by atomic mass is 32.1. The molecule has 0 atom stereocenters. The number of hydrogen-bond acceptors (Lipinski definition) is 4. The van der Waals surface area contributed by atoms with E-state index in [-0.39, 0.29) is 11.2 Å². The van der Waals surface area contributed by atoms with E-state index in [1.807, 2.05) is 0 Å². The van der Waals surface area contributed by atoms with Crippen molar-refractivity contribution in [2.75, 3.05) is 19.5 Å². The van der Waals surface area contributed by atoms with Crippen LogP contribution >= 0.6 is 11.3 Å². The molecule has 1 aromatic rings. The summed E-state index contributed by atoms with van der Waals surface area (Å²) >= 11 is 1.70. The van der Waals surface area contributed by atoms with Gasteiger partial charge in [0.15, 0.2) is 5.79 Å². The zero-order valence-corrected chi connectivity index (χ0v) is 15.1. The standard InChI is InChI=1S/C18H27NO2S/c1-17(2,3)9-8-16-12-15(13-22-16)19-14-6-10-18(20-4,21-5)11-7-14/h12-14,19H,6-7,10-11H2,1-5H3.